The summed E-state index contributed by atoms with van der Waals surface area (Å²) in [7, 11) is -3.29. The third kappa shape index (κ3) is 5.07. The van der Waals surface area contributed by atoms with Crippen LogP contribution in [0, 0.1) is 12.8 Å². The van der Waals surface area contributed by atoms with Gasteiger partial charge in [0.2, 0.25) is 10.0 Å². The first kappa shape index (κ1) is 17.4. The van der Waals surface area contributed by atoms with Crippen molar-refractivity contribution in [1.82, 2.24) is 9.62 Å². The van der Waals surface area contributed by atoms with E-state index in [1.807, 2.05) is 31.2 Å². The maximum atomic E-state index is 12.3. The molecule has 2 rings (SSSR count). The van der Waals surface area contributed by atoms with Gasteiger partial charge in [-0.25, -0.2) is 13.1 Å². The predicted molar refractivity (Wildman–Crippen MR) is 91.2 cm³/mol. The first-order valence-electron chi connectivity index (χ1n) is 8.14. The van der Waals surface area contributed by atoms with E-state index < -0.39 is 10.0 Å². The Kier molecular flexibility index (Phi) is 6.01. The molecular formula is C17H28N2O2S. The topological polar surface area (TPSA) is 49.4 Å². The number of rotatable bonds is 7. The summed E-state index contributed by atoms with van der Waals surface area (Å²) < 4.78 is 27.5. The minimum absolute atomic E-state index is 0.0551. The van der Waals surface area contributed by atoms with E-state index in [2.05, 4.69) is 23.5 Å². The van der Waals surface area contributed by atoms with Crippen molar-refractivity contribution in [1.29, 1.82) is 0 Å². The van der Waals surface area contributed by atoms with Crippen molar-refractivity contribution in [3.63, 3.8) is 0 Å². The smallest absolute Gasteiger partial charge is 0.215 e. The lowest BCUT2D eigenvalue weighted by Gasteiger charge is -2.30. The fourth-order valence-corrected chi connectivity index (χ4v) is 4.29. The molecule has 124 valence electrons. The Morgan fingerprint density at radius 1 is 1.23 bits per heavy atom. The molecule has 0 bridgehead atoms. The molecule has 0 saturated carbocycles. The Morgan fingerprint density at radius 2 is 1.91 bits per heavy atom. The summed E-state index contributed by atoms with van der Waals surface area (Å²) in [6, 6.07) is 7.97. The molecule has 1 aromatic rings. The molecule has 1 fully saturated rings. The number of aryl methyl sites for hydroxylation is 1. The third-order valence-corrected chi connectivity index (χ3v) is 5.65. The van der Waals surface area contributed by atoms with Gasteiger partial charge in [-0.05, 0) is 44.3 Å². The monoisotopic (exact) mass is 324 g/mol. The molecule has 22 heavy (non-hydrogen) atoms. The van der Waals surface area contributed by atoms with Crippen LogP contribution in [0.2, 0.25) is 0 Å². The van der Waals surface area contributed by atoms with Crippen molar-refractivity contribution in [2.45, 2.75) is 45.4 Å². The van der Waals surface area contributed by atoms with E-state index in [9.17, 15) is 8.42 Å². The summed E-state index contributed by atoms with van der Waals surface area (Å²) in [6.07, 6.45) is 2.44. The molecule has 0 radical (unpaired) electrons. The zero-order valence-corrected chi connectivity index (χ0v) is 14.7. The van der Waals surface area contributed by atoms with Gasteiger partial charge in [-0.2, -0.15) is 0 Å². The van der Waals surface area contributed by atoms with Gasteiger partial charge in [0.1, 0.15) is 0 Å². The molecule has 0 spiro atoms. The first-order chi connectivity index (χ1) is 10.4. The summed E-state index contributed by atoms with van der Waals surface area (Å²) in [6.45, 7) is 8.98. The minimum Gasteiger partial charge on any atom is -0.299 e. The molecule has 0 aromatic heterocycles. The van der Waals surface area contributed by atoms with Gasteiger partial charge >= 0.3 is 0 Å². The van der Waals surface area contributed by atoms with Gasteiger partial charge in [-0.3, -0.25) is 4.90 Å². The fraction of sp³-hybridized carbons (Fsp3) is 0.647. The van der Waals surface area contributed by atoms with Crippen molar-refractivity contribution < 1.29 is 8.42 Å². The lowest BCUT2D eigenvalue weighted by molar-refractivity contribution is 0.193. The second-order valence-corrected chi connectivity index (χ2v) is 8.46. The molecule has 4 nitrogen and oxygen atoms in total. The van der Waals surface area contributed by atoms with Gasteiger partial charge in [-0.1, -0.05) is 43.7 Å². The summed E-state index contributed by atoms with van der Waals surface area (Å²) in [5.41, 5.74) is 1.93. The van der Waals surface area contributed by atoms with Crippen LogP contribution in [0.4, 0.5) is 0 Å². The molecular weight excluding hydrogens is 296 g/mol. The quantitative estimate of drug-likeness (QED) is 0.838. The number of sulfonamides is 1. The van der Waals surface area contributed by atoms with Crippen molar-refractivity contribution in [3.8, 4) is 0 Å². The highest BCUT2D eigenvalue weighted by atomic mass is 32.2. The molecule has 1 aromatic carbocycles. The second kappa shape index (κ2) is 7.57. The second-order valence-electron chi connectivity index (χ2n) is 6.65. The highest BCUT2D eigenvalue weighted by Gasteiger charge is 2.26. The average molecular weight is 324 g/mol. The molecule has 0 amide bonds. The summed E-state index contributed by atoms with van der Waals surface area (Å²) in [4.78, 5) is 2.42. The van der Waals surface area contributed by atoms with E-state index in [4.69, 9.17) is 0 Å². The van der Waals surface area contributed by atoms with Gasteiger partial charge in [0.05, 0.1) is 5.75 Å². The number of nitrogens with zero attached hydrogens (tertiary/aromatic N) is 1. The van der Waals surface area contributed by atoms with Gasteiger partial charge in [0.25, 0.3) is 0 Å². The number of nitrogens with one attached hydrogen (secondary N) is 1. The predicted octanol–water partition coefficient (Wildman–Crippen LogP) is 2.53. The molecule has 5 heteroatoms. The fourth-order valence-electron chi connectivity index (χ4n) is 3.14. The normalized spacial score (nSPS) is 18.0. The third-order valence-electron chi connectivity index (χ3n) is 4.33. The zero-order valence-electron chi connectivity index (χ0n) is 13.9. The van der Waals surface area contributed by atoms with Crippen LogP contribution in [0.1, 0.15) is 37.8 Å². The number of hydrogen-bond donors (Lipinski definition) is 1. The Hall–Kier alpha value is -0.910. The summed E-state index contributed by atoms with van der Waals surface area (Å²) in [5.74, 6) is 0.499. The zero-order chi connectivity index (χ0) is 16.2. The van der Waals surface area contributed by atoms with Crippen LogP contribution in [0.15, 0.2) is 24.3 Å². The SMILES string of the molecule is Cc1cccc(CS(=O)(=O)NCC(C(C)C)N2CCCC2)c1. The van der Waals surface area contributed by atoms with E-state index in [0.717, 1.165) is 24.2 Å². The van der Waals surface area contributed by atoms with Crippen molar-refractivity contribution >= 4 is 10.0 Å². The van der Waals surface area contributed by atoms with Crippen molar-refractivity contribution in [3.05, 3.63) is 35.4 Å². The van der Waals surface area contributed by atoms with Crippen LogP contribution in [-0.4, -0.2) is 39.0 Å². The van der Waals surface area contributed by atoms with E-state index >= 15 is 0 Å². The van der Waals surface area contributed by atoms with Gasteiger partial charge in [0, 0.05) is 12.6 Å². The van der Waals surface area contributed by atoms with Crippen LogP contribution in [0.5, 0.6) is 0 Å². The highest BCUT2D eigenvalue weighted by molar-refractivity contribution is 7.88. The van der Waals surface area contributed by atoms with Crippen molar-refractivity contribution in [2.75, 3.05) is 19.6 Å². The van der Waals surface area contributed by atoms with Gasteiger partial charge in [-0.15, -0.1) is 0 Å². The largest absolute Gasteiger partial charge is 0.299 e. The average Bonchev–Trinajstić information content (AvgIpc) is 2.91. The molecule has 1 aliphatic heterocycles. The standard InChI is InChI=1S/C17H28N2O2S/c1-14(2)17(19-9-4-5-10-19)12-18-22(20,21)13-16-8-6-7-15(3)11-16/h6-8,11,14,17-18H,4-5,9-10,12-13H2,1-3H3. The van der Waals surface area contributed by atoms with Crippen LogP contribution >= 0.6 is 0 Å². The Balaban J connectivity index is 1.95. The van der Waals surface area contributed by atoms with Crippen LogP contribution in [0.25, 0.3) is 0 Å². The van der Waals surface area contributed by atoms with Gasteiger partial charge in [0.15, 0.2) is 0 Å². The Labute approximate surface area is 135 Å². The Bertz CT molecular complexity index is 578. The lowest BCUT2D eigenvalue weighted by atomic mass is 10.0. The maximum absolute atomic E-state index is 12.3. The van der Waals surface area contributed by atoms with Crippen LogP contribution in [0.3, 0.4) is 0 Å². The van der Waals surface area contributed by atoms with Gasteiger partial charge < -0.3 is 0 Å². The number of benzene rings is 1. The Morgan fingerprint density at radius 3 is 2.50 bits per heavy atom. The summed E-state index contributed by atoms with van der Waals surface area (Å²) >= 11 is 0. The lowest BCUT2D eigenvalue weighted by Crippen LogP contribution is -2.45. The molecule has 1 atom stereocenters. The molecule has 1 unspecified atom stereocenters. The number of hydrogen-bond acceptors (Lipinski definition) is 3. The molecule has 1 aliphatic rings. The maximum Gasteiger partial charge on any atom is 0.215 e. The van der Waals surface area contributed by atoms with Crippen molar-refractivity contribution in [2.24, 2.45) is 5.92 Å². The molecule has 1 saturated heterocycles. The van der Waals surface area contributed by atoms with E-state index in [0.29, 0.717) is 12.5 Å². The molecule has 1 heterocycles. The first-order valence-corrected chi connectivity index (χ1v) is 9.79. The minimum atomic E-state index is -3.29. The molecule has 0 aliphatic carbocycles. The highest BCUT2D eigenvalue weighted by Crippen LogP contribution is 2.17. The number of likely N-dealkylation sites (tertiary alicyclic amines) is 1. The van der Waals surface area contributed by atoms with E-state index in [-0.39, 0.29) is 11.8 Å². The molecule has 1 N–H and O–H groups in total. The van der Waals surface area contributed by atoms with Crippen LogP contribution in [-0.2, 0) is 15.8 Å². The summed E-state index contributed by atoms with van der Waals surface area (Å²) in [5, 5.41) is 0. The van der Waals surface area contributed by atoms with E-state index in [1.54, 1.807) is 0 Å². The van der Waals surface area contributed by atoms with Crippen LogP contribution < -0.4 is 4.72 Å². The van der Waals surface area contributed by atoms with E-state index in [1.165, 1.54) is 12.8 Å².